The van der Waals surface area contributed by atoms with Gasteiger partial charge in [0.05, 0.1) is 6.61 Å². The van der Waals surface area contributed by atoms with Crippen LogP contribution in [0, 0.1) is 5.41 Å². The monoisotopic (exact) mass is 312 g/mol. The van der Waals surface area contributed by atoms with E-state index in [-0.39, 0.29) is 24.8 Å². The standard InChI is InChI=1S/C17H32N2O3/c1-5-12(11-20)18-13-6-8-17(9-7-13)10-14(17)19-15(21)22-16(2,3)4/h12-14,18,20H,5-11H2,1-4H3,(H,19,21). The molecule has 0 aromatic rings. The van der Waals surface area contributed by atoms with Gasteiger partial charge in [-0.05, 0) is 64.7 Å². The normalized spacial score (nSPS) is 32.6. The maximum atomic E-state index is 11.8. The van der Waals surface area contributed by atoms with Crippen LogP contribution in [0.4, 0.5) is 4.79 Å². The molecule has 2 aliphatic rings. The van der Waals surface area contributed by atoms with E-state index in [1.165, 1.54) is 0 Å². The molecule has 0 heterocycles. The zero-order chi connectivity index (χ0) is 16.4. The highest BCUT2D eigenvalue weighted by atomic mass is 16.6. The number of rotatable bonds is 5. The SMILES string of the molecule is CCC(CO)NC1CCC2(CC1)CC2NC(=O)OC(C)(C)C. The van der Waals surface area contributed by atoms with Gasteiger partial charge < -0.3 is 20.5 Å². The second kappa shape index (κ2) is 6.75. The lowest BCUT2D eigenvalue weighted by Gasteiger charge is -2.32. The molecule has 22 heavy (non-hydrogen) atoms. The van der Waals surface area contributed by atoms with E-state index < -0.39 is 5.60 Å². The molecule has 0 aromatic carbocycles. The molecule has 0 bridgehead atoms. The molecule has 2 atom stereocenters. The topological polar surface area (TPSA) is 70.6 Å². The van der Waals surface area contributed by atoms with E-state index in [1.54, 1.807) is 0 Å². The van der Waals surface area contributed by atoms with Gasteiger partial charge >= 0.3 is 6.09 Å². The average Bonchev–Trinajstić information content (AvgIpc) is 3.08. The van der Waals surface area contributed by atoms with E-state index in [0.717, 1.165) is 38.5 Å². The first-order valence-corrected chi connectivity index (χ1v) is 8.64. The molecule has 0 saturated heterocycles. The van der Waals surface area contributed by atoms with Gasteiger partial charge in [0.1, 0.15) is 5.60 Å². The highest BCUT2D eigenvalue weighted by Crippen LogP contribution is 2.56. The highest BCUT2D eigenvalue weighted by molar-refractivity contribution is 5.68. The van der Waals surface area contributed by atoms with E-state index >= 15 is 0 Å². The summed E-state index contributed by atoms with van der Waals surface area (Å²) in [6.07, 6.45) is 6.30. The van der Waals surface area contributed by atoms with Gasteiger partial charge in [0.15, 0.2) is 0 Å². The smallest absolute Gasteiger partial charge is 0.407 e. The Hall–Kier alpha value is -0.810. The molecule has 2 aliphatic carbocycles. The molecule has 2 fully saturated rings. The molecule has 0 aromatic heterocycles. The molecule has 2 rings (SSSR count). The number of hydrogen-bond donors (Lipinski definition) is 3. The van der Waals surface area contributed by atoms with Gasteiger partial charge in [-0.25, -0.2) is 4.79 Å². The summed E-state index contributed by atoms with van der Waals surface area (Å²) in [6, 6.07) is 1.00. The van der Waals surface area contributed by atoms with Gasteiger partial charge in [-0.1, -0.05) is 6.92 Å². The Kier molecular flexibility index (Phi) is 5.38. The predicted octanol–water partition coefficient (Wildman–Crippen LogP) is 2.57. The minimum absolute atomic E-state index is 0.209. The Labute approximate surface area is 134 Å². The lowest BCUT2D eigenvalue weighted by atomic mass is 9.82. The van der Waals surface area contributed by atoms with E-state index in [2.05, 4.69) is 17.6 Å². The van der Waals surface area contributed by atoms with Crippen LogP contribution in [0.25, 0.3) is 0 Å². The van der Waals surface area contributed by atoms with Crippen molar-refractivity contribution in [1.82, 2.24) is 10.6 Å². The molecule has 0 aliphatic heterocycles. The maximum Gasteiger partial charge on any atom is 0.407 e. The highest BCUT2D eigenvalue weighted by Gasteiger charge is 2.56. The van der Waals surface area contributed by atoms with Crippen molar-refractivity contribution in [3.05, 3.63) is 0 Å². The molecule has 2 saturated carbocycles. The predicted molar refractivity (Wildman–Crippen MR) is 86.8 cm³/mol. The summed E-state index contributed by atoms with van der Waals surface area (Å²) in [7, 11) is 0. The van der Waals surface area contributed by atoms with Crippen LogP contribution in [0.2, 0.25) is 0 Å². The van der Waals surface area contributed by atoms with Gasteiger partial charge in [0.25, 0.3) is 0 Å². The van der Waals surface area contributed by atoms with Crippen LogP contribution in [-0.4, -0.2) is 41.5 Å². The maximum absolute atomic E-state index is 11.8. The van der Waals surface area contributed by atoms with Crippen LogP contribution in [-0.2, 0) is 4.74 Å². The first-order valence-electron chi connectivity index (χ1n) is 8.64. The molecule has 5 heteroatoms. The molecule has 0 radical (unpaired) electrons. The van der Waals surface area contributed by atoms with E-state index in [9.17, 15) is 9.90 Å². The van der Waals surface area contributed by atoms with Crippen LogP contribution in [0.5, 0.6) is 0 Å². The van der Waals surface area contributed by atoms with Crippen LogP contribution >= 0.6 is 0 Å². The van der Waals surface area contributed by atoms with Crippen LogP contribution in [0.15, 0.2) is 0 Å². The van der Waals surface area contributed by atoms with Gasteiger partial charge in [0, 0.05) is 18.1 Å². The van der Waals surface area contributed by atoms with E-state index in [4.69, 9.17) is 4.74 Å². The number of amides is 1. The summed E-state index contributed by atoms with van der Waals surface area (Å²) in [5.41, 5.74) is -0.136. The Balaban J connectivity index is 1.73. The Morgan fingerprint density at radius 3 is 2.50 bits per heavy atom. The summed E-state index contributed by atoms with van der Waals surface area (Å²) in [6.45, 7) is 7.97. The molecule has 3 N–H and O–H groups in total. The fraction of sp³-hybridized carbons (Fsp3) is 0.941. The van der Waals surface area contributed by atoms with Crippen molar-refractivity contribution in [1.29, 1.82) is 0 Å². The fourth-order valence-electron chi connectivity index (χ4n) is 3.55. The summed E-state index contributed by atoms with van der Waals surface area (Å²) in [5, 5.41) is 15.9. The summed E-state index contributed by atoms with van der Waals surface area (Å²) in [4.78, 5) is 11.8. The number of nitrogens with one attached hydrogen (secondary N) is 2. The molecule has 128 valence electrons. The fourth-order valence-corrected chi connectivity index (χ4v) is 3.55. The largest absolute Gasteiger partial charge is 0.444 e. The van der Waals surface area contributed by atoms with Crippen molar-refractivity contribution in [2.45, 2.75) is 89.9 Å². The molecule has 2 unspecified atom stereocenters. The quantitative estimate of drug-likeness (QED) is 0.730. The summed E-state index contributed by atoms with van der Waals surface area (Å²) < 4.78 is 5.34. The van der Waals surface area contributed by atoms with E-state index in [1.807, 2.05) is 20.8 Å². The van der Waals surface area contributed by atoms with Gasteiger partial charge in [-0.3, -0.25) is 0 Å². The number of carbonyl (C=O) groups excluding carboxylic acids is 1. The molecule has 1 amide bonds. The van der Waals surface area contributed by atoms with Crippen molar-refractivity contribution < 1.29 is 14.6 Å². The minimum atomic E-state index is -0.437. The Morgan fingerprint density at radius 2 is 2.00 bits per heavy atom. The minimum Gasteiger partial charge on any atom is -0.444 e. The summed E-state index contributed by atoms with van der Waals surface area (Å²) >= 11 is 0. The zero-order valence-electron chi connectivity index (χ0n) is 14.4. The first-order chi connectivity index (χ1) is 10.3. The number of aliphatic hydroxyl groups excluding tert-OH is 1. The Bertz CT molecular complexity index is 380. The molecular formula is C17H32N2O3. The van der Waals surface area contributed by atoms with Crippen molar-refractivity contribution >= 4 is 6.09 Å². The van der Waals surface area contributed by atoms with Gasteiger partial charge in [-0.15, -0.1) is 0 Å². The second-order valence-corrected chi connectivity index (χ2v) is 7.99. The lowest BCUT2D eigenvalue weighted by molar-refractivity contribution is 0.0511. The average molecular weight is 312 g/mol. The van der Waals surface area contributed by atoms with Gasteiger partial charge in [-0.2, -0.15) is 0 Å². The van der Waals surface area contributed by atoms with Crippen molar-refractivity contribution in [2.75, 3.05) is 6.61 Å². The van der Waals surface area contributed by atoms with Gasteiger partial charge in [0.2, 0.25) is 0 Å². The third-order valence-corrected chi connectivity index (χ3v) is 5.05. The lowest BCUT2D eigenvalue weighted by Crippen LogP contribution is -2.43. The number of aliphatic hydroxyl groups is 1. The second-order valence-electron chi connectivity index (χ2n) is 7.99. The third kappa shape index (κ3) is 4.59. The number of carbonyl (C=O) groups is 1. The molecule has 1 spiro atoms. The third-order valence-electron chi connectivity index (χ3n) is 5.05. The summed E-state index contributed by atoms with van der Waals surface area (Å²) in [5.74, 6) is 0. The van der Waals surface area contributed by atoms with Crippen molar-refractivity contribution in [2.24, 2.45) is 5.41 Å². The van der Waals surface area contributed by atoms with Crippen LogP contribution in [0.3, 0.4) is 0 Å². The molecule has 5 nitrogen and oxygen atoms in total. The van der Waals surface area contributed by atoms with Crippen LogP contribution in [0.1, 0.15) is 66.2 Å². The van der Waals surface area contributed by atoms with Crippen molar-refractivity contribution in [3.63, 3.8) is 0 Å². The molecular weight excluding hydrogens is 280 g/mol. The number of alkyl carbamates (subject to hydrolysis) is 1. The van der Waals surface area contributed by atoms with Crippen molar-refractivity contribution in [3.8, 4) is 0 Å². The first kappa shape index (κ1) is 17.5. The van der Waals surface area contributed by atoms with E-state index in [0.29, 0.717) is 11.5 Å². The van der Waals surface area contributed by atoms with Crippen LogP contribution < -0.4 is 10.6 Å². The number of hydrogen-bond acceptors (Lipinski definition) is 4. The zero-order valence-corrected chi connectivity index (χ0v) is 14.4. The Morgan fingerprint density at radius 1 is 1.36 bits per heavy atom. The number of ether oxygens (including phenoxy) is 1.